The Hall–Kier alpha value is -5.84. The van der Waals surface area contributed by atoms with E-state index in [4.69, 9.17) is 37.0 Å². The lowest BCUT2D eigenvalue weighted by Gasteiger charge is -2.21. The quantitative estimate of drug-likeness (QED) is 0.0169. The zero-order valence-corrected chi connectivity index (χ0v) is 70.1. The molecule has 0 bridgehead atoms. The molecule has 110 heavy (non-hydrogen) atoms. The summed E-state index contributed by atoms with van der Waals surface area (Å²) in [6, 6.07) is 0. The first-order valence-electron chi connectivity index (χ1n) is 42.0. The fraction of sp³-hybridized carbons (Fsp3) is 0.626. The van der Waals surface area contributed by atoms with Crippen LogP contribution in [0.2, 0.25) is 0 Å². The molecule has 0 spiro atoms. The third-order valence-corrected chi connectivity index (χ3v) is 18.7. The van der Waals surface area contributed by atoms with E-state index in [0.29, 0.717) is 38.5 Å². The number of hydrogen-bond donors (Lipinski definition) is 3. The number of esters is 4. The van der Waals surface area contributed by atoms with Gasteiger partial charge in [-0.25, -0.2) is 9.13 Å². The number of hydrogen-bond acceptors (Lipinski definition) is 15. The molecular weight excluding hydrogens is 1430 g/mol. The molecule has 5 atom stereocenters. The van der Waals surface area contributed by atoms with Crippen molar-refractivity contribution in [2.75, 3.05) is 39.6 Å². The first-order chi connectivity index (χ1) is 53.7. The second-order valence-electron chi connectivity index (χ2n) is 27.3. The molecule has 0 aromatic rings. The summed E-state index contributed by atoms with van der Waals surface area (Å²) in [4.78, 5) is 73.1. The van der Waals surface area contributed by atoms with Crippen LogP contribution >= 0.6 is 15.6 Å². The van der Waals surface area contributed by atoms with Gasteiger partial charge in [0.1, 0.15) is 19.3 Å². The van der Waals surface area contributed by atoms with Crippen molar-refractivity contribution in [2.24, 2.45) is 0 Å². The lowest BCUT2D eigenvalue weighted by molar-refractivity contribution is -0.161. The maximum absolute atomic E-state index is 13.1. The van der Waals surface area contributed by atoms with E-state index in [0.717, 1.165) is 141 Å². The molecule has 0 aromatic heterocycles. The van der Waals surface area contributed by atoms with Gasteiger partial charge in [0.05, 0.1) is 26.4 Å². The van der Waals surface area contributed by atoms with Gasteiger partial charge in [0.15, 0.2) is 12.2 Å². The first kappa shape index (κ1) is 104. The monoisotopic (exact) mass is 1580 g/mol. The fourth-order valence-corrected chi connectivity index (χ4v) is 12.0. The van der Waals surface area contributed by atoms with Crippen molar-refractivity contribution in [1.29, 1.82) is 0 Å². The van der Waals surface area contributed by atoms with E-state index in [2.05, 4.69) is 180 Å². The van der Waals surface area contributed by atoms with Crippen molar-refractivity contribution in [1.82, 2.24) is 0 Å². The topological polar surface area (TPSA) is 237 Å². The van der Waals surface area contributed by atoms with Gasteiger partial charge in [-0.2, -0.15) is 0 Å². The highest BCUT2D eigenvalue weighted by Crippen LogP contribution is 2.45. The third-order valence-electron chi connectivity index (χ3n) is 16.8. The lowest BCUT2D eigenvalue weighted by atomic mass is 10.1. The minimum atomic E-state index is -5.02. The van der Waals surface area contributed by atoms with Crippen molar-refractivity contribution in [3.05, 3.63) is 182 Å². The van der Waals surface area contributed by atoms with Gasteiger partial charge in [0, 0.05) is 25.7 Å². The van der Waals surface area contributed by atoms with Crippen LogP contribution in [0.15, 0.2) is 182 Å². The zero-order chi connectivity index (χ0) is 80.3. The molecule has 0 aromatic carbocycles. The highest BCUT2D eigenvalue weighted by Gasteiger charge is 2.30. The van der Waals surface area contributed by atoms with E-state index in [9.17, 15) is 43.2 Å². The minimum Gasteiger partial charge on any atom is -0.462 e. The largest absolute Gasteiger partial charge is 0.472 e. The van der Waals surface area contributed by atoms with Crippen LogP contribution < -0.4 is 0 Å². The van der Waals surface area contributed by atoms with E-state index >= 15 is 0 Å². The van der Waals surface area contributed by atoms with Crippen LogP contribution in [0.25, 0.3) is 0 Å². The van der Waals surface area contributed by atoms with Crippen LogP contribution in [0.3, 0.4) is 0 Å². The van der Waals surface area contributed by atoms with Crippen molar-refractivity contribution in [3.8, 4) is 0 Å². The molecule has 0 fully saturated rings. The summed E-state index contributed by atoms with van der Waals surface area (Å²) >= 11 is 0. The van der Waals surface area contributed by atoms with Crippen molar-refractivity contribution in [3.63, 3.8) is 0 Å². The maximum Gasteiger partial charge on any atom is 0.472 e. The Morgan fingerprint density at radius 2 is 0.500 bits per heavy atom. The standard InChI is InChI=1S/C91H148O17P2/c1-5-9-13-17-21-25-29-33-37-40-42-45-49-52-56-60-64-68-72-76-89(94)102-82-87(108-91(96)78-74-70-66-62-58-54-50-46-43-41-38-34-30-26-22-18-14-10-6-2)84-106-110(99,100)104-80-85(92)79-103-109(97,98)105-83-86(107-90(95)77-73-69-65-61-57-53-47-36-32-28-24-20-16-12-8-4)81-101-88(93)75-71-67-63-59-55-51-48-44-39-35-31-27-23-19-15-11-7-3/h10,14,21-23,25-27,33-39,42-43,45-48,51-52,54,56,58-59,63-64,68,85-87,92H,5-9,11-13,15-20,24,28-32,40-41,44,49-50,53,55,57,60-62,65-67,69-84H2,1-4H3,(H,97,98)(H,99,100)/b14-10-,25-21-,26-22-,27-23-,37-33-,38-34-,39-35-,45-42-,46-43-,47-36-,51-48-,56-52-,58-54-,63-59-,68-64-/t85-,86+,87+/m0/s1. The average molecular weight is 1580 g/mol. The number of allylic oxidation sites excluding steroid dienone is 30. The van der Waals surface area contributed by atoms with Gasteiger partial charge in [-0.05, 0) is 173 Å². The Labute approximate surface area is 666 Å². The highest BCUT2D eigenvalue weighted by atomic mass is 31.2. The SMILES string of the molecule is CC/C=C\C/C=C\C/C=C\C/C=C\C/C=C\CCCCCC(=O)O[C@H](COC(=O)CC/C=C\C/C=C\C/C=C\C/C=C\C/C=C\CCCCC)COP(=O)(O)OC[C@@H](O)COP(=O)(O)OC[C@@H](COC(=O)CCC/C=C\C/C=C\C/C=C\C/C=C\CCCCC)OC(=O)CCCCCCC/C=C\CCCCCCCC. The van der Waals surface area contributed by atoms with Crippen LogP contribution in [-0.2, 0) is 65.4 Å². The maximum atomic E-state index is 13.1. The Balaban J connectivity index is 5.55. The highest BCUT2D eigenvalue weighted by molar-refractivity contribution is 7.47. The van der Waals surface area contributed by atoms with Gasteiger partial charge in [0.25, 0.3) is 0 Å². The Bertz CT molecular complexity index is 2800. The number of phosphoric acid groups is 2. The number of aliphatic hydroxyl groups excluding tert-OH is 1. The molecule has 0 heterocycles. The third kappa shape index (κ3) is 80.2. The summed E-state index contributed by atoms with van der Waals surface area (Å²) in [7, 11) is -10.0. The minimum absolute atomic E-state index is 0.0221. The molecule has 0 saturated heterocycles. The summed E-state index contributed by atoms with van der Waals surface area (Å²) in [5.41, 5.74) is 0. The summed E-state index contributed by atoms with van der Waals surface area (Å²) in [5.74, 6) is -2.40. The number of carbonyl (C=O) groups excluding carboxylic acids is 4. The summed E-state index contributed by atoms with van der Waals surface area (Å²) < 4.78 is 68.6. The van der Waals surface area contributed by atoms with Gasteiger partial charge in [-0.3, -0.25) is 37.3 Å². The Morgan fingerprint density at radius 3 is 0.845 bits per heavy atom. The van der Waals surface area contributed by atoms with E-state index in [1.807, 2.05) is 30.4 Å². The van der Waals surface area contributed by atoms with Crippen molar-refractivity contribution in [2.45, 2.75) is 329 Å². The molecule has 3 N–H and O–H groups in total. The molecule has 0 radical (unpaired) electrons. The second kappa shape index (κ2) is 81.2. The smallest absolute Gasteiger partial charge is 0.462 e. The molecule has 2 unspecified atom stereocenters. The molecule has 17 nitrogen and oxygen atoms in total. The summed E-state index contributed by atoms with van der Waals surface area (Å²) in [6.45, 7) is 4.50. The van der Waals surface area contributed by atoms with Crippen LogP contribution in [0.5, 0.6) is 0 Å². The van der Waals surface area contributed by atoms with Gasteiger partial charge >= 0.3 is 39.5 Å². The number of unbranched alkanes of at least 4 members (excludes halogenated alkanes) is 21. The van der Waals surface area contributed by atoms with Crippen molar-refractivity contribution >= 4 is 39.5 Å². The van der Waals surface area contributed by atoms with Crippen LogP contribution in [0, 0.1) is 0 Å². The Kier molecular flexibility index (Phi) is 76.9. The van der Waals surface area contributed by atoms with Gasteiger partial charge in [0.2, 0.25) is 0 Å². The van der Waals surface area contributed by atoms with Gasteiger partial charge in [-0.1, -0.05) is 293 Å². The van der Waals surface area contributed by atoms with E-state index in [1.54, 1.807) is 0 Å². The fourth-order valence-electron chi connectivity index (χ4n) is 10.5. The van der Waals surface area contributed by atoms with E-state index in [1.165, 1.54) is 77.0 Å². The first-order valence-corrected chi connectivity index (χ1v) is 45.0. The average Bonchev–Trinajstić information content (AvgIpc) is 0.899. The number of ether oxygens (including phenoxy) is 4. The van der Waals surface area contributed by atoms with Crippen LogP contribution in [-0.4, -0.2) is 96.7 Å². The number of carbonyl (C=O) groups is 4. The molecule has 0 aliphatic heterocycles. The van der Waals surface area contributed by atoms with E-state index < -0.39 is 97.5 Å². The van der Waals surface area contributed by atoms with Crippen LogP contribution in [0.4, 0.5) is 0 Å². The number of aliphatic hydroxyl groups is 1. The molecule has 0 amide bonds. The molecule has 0 saturated carbocycles. The summed E-state index contributed by atoms with van der Waals surface area (Å²) in [6.07, 6.45) is 98.8. The molecule has 0 aliphatic carbocycles. The second-order valence-corrected chi connectivity index (χ2v) is 30.2. The van der Waals surface area contributed by atoms with Gasteiger partial charge in [-0.15, -0.1) is 0 Å². The van der Waals surface area contributed by atoms with E-state index in [-0.39, 0.29) is 25.7 Å². The van der Waals surface area contributed by atoms with Gasteiger partial charge < -0.3 is 33.8 Å². The number of rotatable bonds is 77. The molecule has 624 valence electrons. The normalized spacial score (nSPS) is 14.7. The number of phosphoric ester groups is 2. The van der Waals surface area contributed by atoms with Crippen LogP contribution in [0.1, 0.15) is 310 Å². The zero-order valence-electron chi connectivity index (χ0n) is 68.4. The lowest BCUT2D eigenvalue weighted by Crippen LogP contribution is -2.30. The molecular formula is C91H148O17P2. The summed E-state index contributed by atoms with van der Waals surface area (Å²) in [5, 5.41) is 10.7. The molecule has 0 rings (SSSR count). The predicted molar refractivity (Wildman–Crippen MR) is 454 cm³/mol. The molecule has 0 aliphatic rings. The van der Waals surface area contributed by atoms with Crippen molar-refractivity contribution < 1.29 is 80.2 Å². The Morgan fingerprint density at radius 1 is 0.264 bits per heavy atom. The molecule has 19 heteroatoms. The predicted octanol–water partition coefficient (Wildman–Crippen LogP) is 25.1.